The van der Waals surface area contributed by atoms with Crippen LogP contribution >= 0.6 is 0 Å². The molecular weight excluding hydrogens is 320 g/mol. The lowest BCUT2D eigenvalue weighted by molar-refractivity contribution is 0.398. The SMILES string of the molecule is C=C[Si](C)(c1c(OC)cccc1OC)c1c(OC)cccc1OC. The van der Waals surface area contributed by atoms with Crippen LogP contribution < -0.4 is 29.3 Å². The van der Waals surface area contributed by atoms with Gasteiger partial charge in [-0.1, -0.05) is 24.4 Å². The second-order valence-electron chi connectivity index (χ2n) is 5.48. The van der Waals surface area contributed by atoms with E-state index in [9.17, 15) is 0 Å². The highest BCUT2D eigenvalue weighted by Crippen LogP contribution is 2.29. The highest BCUT2D eigenvalue weighted by atomic mass is 28.3. The van der Waals surface area contributed by atoms with Gasteiger partial charge in [-0.3, -0.25) is 0 Å². The van der Waals surface area contributed by atoms with Crippen LogP contribution in [-0.2, 0) is 0 Å². The first-order valence-corrected chi connectivity index (χ1v) is 10.2. The fourth-order valence-electron chi connectivity index (χ4n) is 3.06. The van der Waals surface area contributed by atoms with Gasteiger partial charge in [0.25, 0.3) is 0 Å². The van der Waals surface area contributed by atoms with Crippen LogP contribution in [-0.4, -0.2) is 36.5 Å². The number of benzene rings is 2. The summed E-state index contributed by atoms with van der Waals surface area (Å²) >= 11 is 0. The summed E-state index contributed by atoms with van der Waals surface area (Å²) in [6.45, 7) is 6.31. The van der Waals surface area contributed by atoms with Crippen LogP contribution in [0, 0.1) is 0 Å². The van der Waals surface area contributed by atoms with Crippen molar-refractivity contribution in [3.63, 3.8) is 0 Å². The van der Waals surface area contributed by atoms with Gasteiger partial charge in [0.1, 0.15) is 23.0 Å². The van der Waals surface area contributed by atoms with Gasteiger partial charge in [0.2, 0.25) is 0 Å². The molecule has 128 valence electrons. The maximum atomic E-state index is 5.63. The Balaban J connectivity index is 2.87. The molecule has 0 fully saturated rings. The minimum absolute atomic E-state index is 0.774. The molecule has 0 aliphatic carbocycles. The van der Waals surface area contributed by atoms with E-state index in [-0.39, 0.29) is 0 Å². The van der Waals surface area contributed by atoms with Crippen molar-refractivity contribution in [3.05, 3.63) is 48.7 Å². The summed E-state index contributed by atoms with van der Waals surface area (Å²) in [6, 6.07) is 11.6. The fourth-order valence-corrected chi connectivity index (χ4v) is 6.50. The highest BCUT2D eigenvalue weighted by Gasteiger charge is 2.39. The zero-order valence-electron chi connectivity index (χ0n) is 14.9. The molecule has 0 atom stereocenters. The predicted octanol–water partition coefficient (Wildman–Crippen LogP) is 2.64. The van der Waals surface area contributed by atoms with Crippen molar-refractivity contribution in [2.24, 2.45) is 0 Å². The lowest BCUT2D eigenvalue weighted by atomic mass is 10.3. The van der Waals surface area contributed by atoms with Crippen LogP contribution in [0.2, 0.25) is 6.55 Å². The molecule has 0 unspecified atom stereocenters. The van der Waals surface area contributed by atoms with Gasteiger partial charge >= 0.3 is 0 Å². The van der Waals surface area contributed by atoms with Crippen LogP contribution in [0.3, 0.4) is 0 Å². The average Bonchev–Trinajstić information content (AvgIpc) is 2.65. The molecule has 0 bridgehead atoms. The first-order chi connectivity index (χ1) is 11.6. The predicted molar refractivity (Wildman–Crippen MR) is 100 cm³/mol. The fraction of sp³-hybridized carbons (Fsp3) is 0.263. The maximum Gasteiger partial charge on any atom is 0.157 e. The van der Waals surface area contributed by atoms with Crippen molar-refractivity contribution >= 4 is 18.4 Å². The molecule has 2 aromatic carbocycles. The summed E-state index contributed by atoms with van der Waals surface area (Å²) in [5, 5.41) is 2.01. The standard InChI is InChI=1S/C19H24O4Si/c1-7-24(6,18-14(20-2)10-8-11-15(18)21-3)19-16(22-4)12-9-13-17(19)23-5/h7-13H,1H2,2-6H3. The molecule has 0 aliphatic heterocycles. The second kappa shape index (κ2) is 7.44. The van der Waals surface area contributed by atoms with Gasteiger partial charge in [0, 0.05) is 10.4 Å². The molecule has 5 heteroatoms. The monoisotopic (exact) mass is 344 g/mol. The van der Waals surface area contributed by atoms with Gasteiger partial charge in [0.05, 0.1) is 28.4 Å². The van der Waals surface area contributed by atoms with Crippen LogP contribution in [0.5, 0.6) is 23.0 Å². The third-order valence-corrected chi connectivity index (χ3v) is 8.18. The van der Waals surface area contributed by atoms with Crippen molar-refractivity contribution in [1.29, 1.82) is 0 Å². The van der Waals surface area contributed by atoms with E-state index in [1.165, 1.54) is 0 Å². The summed E-state index contributed by atoms with van der Waals surface area (Å²) in [5.41, 5.74) is 1.99. The first-order valence-electron chi connectivity index (χ1n) is 7.63. The Kier molecular flexibility index (Phi) is 5.57. The van der Waals surface area contributed by atoms with Gasteiger partial charge < -0.3 is 18.9 Å². The Morgan fingerprint density at radius 2 is 1.00 bits per heavy atom. The number of hydrogen-bond donors (Lipinski definition) is 0. The zero-order chi connectivity index (χ0) is 17.7. The zero-order valence-corrected chi connectivity index (χ0v) is 15.9. The van der Waals surface area contributed by atoms with Crippen LogP contribution in [0.1, 0.15) is 0 Å². The van der Waals surface area contributed by atoms with E-state index in [0.717, 1.165) is 33.4 Å². The molecule has 0 aromatic heterocycles. The summed E-state index contributed by atoms with van der Waals surface area (Å²) in [4.78, 5) is 0. The van der Waals surface area contributed by atoms with Crippen LogP contribution in [0.25, 0.3) is 0 Å². The van der Waals surface area contributed by atoms with E-state index in [4.69, 9.17) is 18.9 Å². The number of rotatable bonds is 7. The smallest absolute Gasteiger partial charge is 0.157 e. The van der Waals surface area contributed by atoms with Gasteiger partial charge in [-0.25, -0.2) is 0 Å². The quantitative estimate of drug-likeness (QED) is 0.724. The molecule has 4 nitrogen and oxygen atoms in total. The average molecular weight is 344 g/mol. The summed E-state index contributed by atoms with van der Waals surface area (Å²) in [7, 11) is 4.18. The molecule has 0 spiro atoms. The Morgan fingerprint density at radius 1 is 0.708 bits per heavy atom. The molecule has 0 N–H and O–H groups in total. The normalized spacial score (nSPS) is 10.9. The number of ether oxygens (including phenoxy) is 4. The van der Waals surface area contributed by atoms with Crippen LogP contribution in [0.15, 0.2) is 48.7 Å². The number of hydrogen-bond acceptors (Lipinski definition) is 4. The first kappa shape index (κ1) is 17.9. The molecular formula is C19H24O4Si. The molecule has 0 heterocycles. The van der Waals surface area contributed by atoms with Crippen molar-refractivity contribution in [2.45, 2.75) is 6.55 Å². The van der Waals surface area contributed by atoms with E-state index in [2.05, 4.69) is 13.1 Å². The minimum atomic E-state index is -2.47. The van der Waals surface area contributed by atoms with E-state index >= 15 is 0 Å². The molecule has 0 saturated heterocycles. The molecule has 0 saturated carbocycles. The molecule has 2 aromatic rings. The van der Waals surface area contributed by atoms with Crippen molar-refractivity contribution < 1.29 is 18.9 Å². The third-order valence-electron chi connectivity index (χ3n) is 4.30. The third kappa shape index (κ3) is 2.87. The van der Waals surface area contributed by atoms with E-state index in [1.54, 1.807) is 28.4 Å². The highest BCUT2D eigenvalue weighted by molar-refractivity contribution is 7.06. The van der Waals surface area contributed by atoms with Crippen molar-refractivity contribution in [2.75, 3.05) is 28.4 Å². The molecule has 0 aliphatic rings. The molecule has 0 radical (unpaired) electrons. The minimum Gasteiger partial charge on any atom is -0.497 e. The summed E-state index contributed by atoms with van der Waals surface area (Å²) in [6.07, 6.45) is 0. The second-order valence-corrected chi connectivity index (χ2v) is 9.29. The van der Waals surface area contributed by atoms with Gasteiger partial charge in [-0.05, 0) is 24.3 Å². The Hall–Kier alpha value is -2.40. The lowest BCUT2D eigenvalue weighted by Gasteiger charge is -2.30. The number of methoxy groups -OCH3 is 4. The molecule has 2 rings (SSSR count). The Bertz CT molecular complexity index is 627. The Labute approximate surface area is 144 Å². The van der Waals surface area contributed by atoms with E-state index in [0.29, 0.717) is 0 Å². The van der Waals surface area contributed by atoms with Gasteiger partial charge in [-0.2, -0.15) is 0 Å². The summed E-state index contributed by atoms with van der Waals surface area (Å²) in [5.74, 6) is 3.10. The maximum absolute atomic E-state index is 5.63. The van der Waals surface area contributed by atoms with E-state index in [1.807, 2.05) is 42.1 Å². The summed E-state index contributed by atoms with van der Waals surface area (Å²) < 4.78 is 22.5. The lowest BCUT2D eigenvalue weighted by Crippen LogP contribution is -2.55. The molecule has 24 heavy (non-hydrogen) atoms. The van der Waals surface area contributed by atoms with Crippen LogP contribution in [0.4, 0.5) is 0 Å². The van der Waals surface area contributed by atoms with E-state index < -0.39 is 8.07 Å². The van der Waals surface area contributed by atoms with Crippen molar-refractivity contribution in [1.82, 2.24) is 0 Å². The Morgan fingerprint density at radius 3 is 1.21 bits per heavy atom. The van der Waals surface area contributed by atoms with Gasteiger partial charge in [-0.15, -0.1) is 6.58 Å². The van der Waals surface area contributed by atoms with Gasteiger partial charge in [0.15, 0.2) is 8.07 Å². The largest absolute Gasteiger partial charge is 0.497 e. The topological polar surface area (TPSA) is 36.9 Å². The van der Waals surface area contributed by atoms with Crippen molar-refractivity contribution in [3.8, 4) is 23.0 Å². The molecule has 0 amide bonds.